The van der Waals surface area contributed by atoms with Gasteiger partial charge in [0.05, 0.1) is 0 Å². The van der Waals surface area contributed by atoms with Crippen LogP contribution in [0, 0.1) is 24.4 Å². The van der Waals surface area contributed by atoms with Crippen LogP contribution >= 0.6 is 0 Å². The predicted octanol–water partition coefficient (Wildman–Crippen LogP) is 0.227. The fourth-order valence-electron chi connectivity index (χ4n) is 2.77. The summed E-state index contributed by atoms with van der Waals surface area (Å²) in [5, 5.41) is 5.24. The van der Waals surface area contributed by atoms with Crippen LogP contribution in [0.1, 0.15) is 19.3 Å². The lowest BCUT2D eigenvalue weighted by molar-refractivity contribution is -0.112. The van der Waals surface area contributed by atoms with Crippen molar-refractivity contribution in [2.75, 3.05) is 33.2 Å². The molecule has 2 heterocycles. The molecule has 2 aliphatic rings. The number of piperidine rings is 1. The summed E-state index contributed by atoms with van der Waals surface area (Å²) < 4.78 is 0. The number of hydroxylamine groups is 2. The Bertz CT molecular complexity index is 357. The van der Waals surface area contributed by atoms with Gasteiger partial charge in [-0.25, -0.2) is 5.92 Å². The van der Waals surface area contributed by atoms with Gasteiger partial charge in [-0.3, -0.25) is 10.8 Å². The van der Waals surface area contributed by atoms with Crippen molar-refractivity contribution in [3.05, 3.63) is 6.42 Å². The number of nitrogens with zero attached hydrogens (tertiary/aromatic N) is 2. The second kappa shape index (κ2) is 6.66. The average molecular weight is 246 g/mol. The molecule has 2 fully saturated rings. The van der Waals surface area contributed by atoms with Gasteiger partial charge in [0, 0.05) is 44.4 Å². The molecule has 2 aliphatic heterocycles. The van der Waals surface area contributed by atoms with Crippen LogP contribution in [-0.4, -0.2) is 55.3 Å². The van der Waals surface area contributed by atoms with E-state index in [2.05, 4.69) is 22.2 Å². The summed E-state index contributed by atoms with van der Waals surface area (Å²) in [5.41, 5.74) is 0. The third-order valence-corrected chi connectivity index (χ3v) is 3.86. The molecular weight excluding hydrogens is 226 g/mol. The second-order valence-corrected chi connectivity index (χ2v) is 4.87. The minimum Gasteiger partial charge on any atom is -0.374 e. The number of likely N-dealkylation sites (N-methyl/N-ethyl adjacent to an activating group) is 1. The lowest BCUT2D eigenvalue weighted by Crippen LogP contribution is -2.44. The number of rotatable bonds is 3. The summed E-state index contributed by atoms with van der Waals surface area (Å²) in [6, 6.07) is 1.35. The fourth-order valence-corrected chi connectivity index (χ4v) is 2.77. The smallest absolute Gasteiger partial charge is 0.0371 e. The zero-order valence-electron chi connectivity index (χ0n) is 10.9. The number of nitrogens with one attached hydrogen (secondary N) is 1. The van der Waals surface area contributed by atoms with Crippen molar-refractivity contribution in [2.45, 2.75) is 31.3 Å². The molecule has 4 heteroatoms. The van der Waals surface area contributed by atoms with Gasteiger partial charge in [-0.2, -0.15) is 0 Å². The molecule has 1 N–H and O–H groups in total. The van der Waals surface area contributed by atoms with E-state index in [1.165, 1.54) is 19.5 Å². The van der Waals surface area contributed by atoms with Crippen molar-refractivity contribution in [1.29, 1.82) is 0 Å². The topological polar surface area (TPSA) is 27.7 Å². The maximum absolute atomic E-state index is 6.67. The molecule has 4 nitrogen and oxygen atoms in total. The van der Waals surface area contributed by atoms with E-state index in [-0.39, 0.29) is 0 Å². The number of likely N-dealkylation sites (tertiary alicyclic amines) is 1. The number of hydrogen-bond donors (Lipinski definition) is 1. The molecule has 0 aliphatic carbocycles. The summed E-state index contributed by atoms with van der Waals surface area (Å²) in [5.74, 6) is 4.35. The highest BCUT2D eigenvalue weighted by molar-refractivity contribution is 5.15. The Balaban J connectivity index is 1.72. The molecule has 2 saturated heterocycles. The Morgan fingerprint density at radius 1 is 1.22 bits per heavy atom. The van der Waals surface area contributed by atoms with Crippen molar-refractivity contribution >= 4 is 0 Å². The van der Waals surface area contributed by atoms with Gasteiger partial charge in [-0.1, -0.05) is 0 Å². The van der Waals surface area contributed by atoms with Crippen molar-refractivity contribution in [3.63, 3.8) is 0 Å². The molecule has 0 aromatic heterocycles. The summed E-state index contributed by atoms with van der Waals surface area (Å²) in [4.78, 5) is 7.83. The van der Waals surface area contributed by atoms with Gasteiger partial charge in [0.15, 0.2) is 0 Å². The van der Waals surface area contributed by atoms with Crippen molar-refractivity contribution < 1.29 is 4.84 Å². The number of hydrogen-bond acceptors (Lipinski definition) is 4. The zero-order chi connectivity index (χ0) is 12.8. The van der Waals surface area contributed by atoms with Gasteiger partial charge in [0.2, 0.25) is 0 Å². The van der Waals surface area contributed by atoms with Gasteiger partial charge in [0.25, 0.3) is 0 Å². The van der Waals surface area contributed by atoms with E-state index in [0.717, 1.165) is 25.9 Å². The first-order chi connectivity index (χ1) is 8.83. The Morgan fingerprint density at radius 3 is 2.61 bits per heavy atom. The fraction of sp³-hybridized carbons (Fsp3) is 0.714. The summed E-state index contributed by atoms with van der Waals surface area (Å²) in [6.45, 7) is 4.21. The zero-order valence-corrected chi connectivity index (χ0v) is 10.9. The van der Waals surface area contributed by atoms with E-state index in [9.17, 15) is 0 Å². The van der Waals surface area contributed by atoms with E-state index in [1.807, 2.05) is 18.0 Å². The molecule has 0 amide bonds. The van der Waals surface area contributed by atoms with Crippen LogP contribution in [0.3, 0.4) is 0 Å². The molecule has 2 rings (SSSR count). The van der Waals surface area contributed by atoms with Crippen LogP contribution in [-0.2, 0) is 4.84 Å². The Labute approximate surface area is 110 Å². The minimum absolute atomic E-state index is 0.660. The minimum atomic E-state index is 0.660. The third-order valence-electron chi connectivity index (χ3n) is 3.86. The van der Waals surface area contributed by atoms with E-state index >= 15 is 0 Å². The maximum atomic E-state index is 6.67. The predicted molar refractivity (Wildman–Crippen MR) is 69.6 cm³/mol. The summed E-state index contributed by atoms with van der Waals surface area (Å²) >= 11 is 0. The van der Waals surface area contributed by atoms with E-state index < -0.39 is 0 Å². The first kappa shape index (κ1) is 13.2. The van der Waals surface area contributed by atoms with Gasteiger partial charge >= 0.3 is 0 Å². The molecule has 18 heavy (non-hydrogen) atoms. The van der Waals surface area contributed by atoms with Crippen molar-refractivity contribution in [1.82, 2.24) is 15.3 Å². The lowest BCUT2D eigenvalue weighted by Gasteiger charge is -2.35. The Kier molecular flexibility index (Phi) is 4.90. The molecule has 0 saturated carbocycles. The first-order valence-corrected chi connectivity index (χ1v) is 6.58. The molecule has 0 bridgehead atoms. The quantitative estimate of drug-likeness (QED) is 0.570. The molecule has 0 aromatic carbocycles. The van der Waals surface area contributed by atoms with Gasteiger partial charge < -0.3 is 16.6 Å². The molecule has 0 spiro atoms. The van der Waals surface area contributed by atoms with Crippen LogP contribution in [0.2, 0.25) is 0 Å². The molecule has 1 unspecified atom stereocenters. The SMILES string of the molecule is [C-]#CC#CON1CCC(N2CCC(NC)C2)CC1. The summed E-state index contributed by atoms with van der Waals surface area (Å²) in [6.07, 6.45) is 12.6. The normalized spacial score (nSPS) is 26.3. The molecule has 0 aromatic rings. The van der Waals surface area contributed by atoms with Crippen LogP contribution in [0.4, 0.5) is 0 Å². The third kappa shape index (κ3) is 3.40. The van der Waals surface area contributed by atoms with Crippen LogP contribution in [0.15, 0.2) is 0 Å². The maximum Gasteiger partial charge on any atom is 0.0371 e. The van der Waals surface area contributed by atoms with E-state index in [4.69, 9.17) is 11.3 Å². The highest BCUT2D eigenvalue weighted by Crippen LogP contribution is 2.21. The van der Waals surface area contributed by atoms with E-state index in [0.29, 0.717) is 12.1 Å². The Hall–Kier alpha value is -1.20. The molecule has 1 atom stereocenters. The molecule has 98 valence electrons. The monoisotopic (exact) mass is 246 g/mol. The van der Waals surface area contributed by atoms with Gasteiger partial charge in [-0.05, 0) is 26.3 Å². The molecule has 0 radical (unpaired) electrons. The van der Waals surface area contributed by atoms with E-state index in [1.54, 1.807) is 0 Å². The van der Waals surface area contributed by atoms with Crippen LogP contribution < -0.4 is 5.32 Å². The molecular formula is C14H20N3O-. The standard InChI is InChI=1S/C14H20N3O/c1-3-4-11-18-17-9-6-14(7-10-17)16-8-5-13(12-16)15-2/h13-15H,5-10,12H2,2H3/q-1. The lowest BCUT2D eigenvalue weighted by atomic mass is 10.1. The highest BCUT2D eigenvalue weighted by atomic mass is 16.7. The largest absolute Gasteiger partial charge is 0.374 e. The van der Waals surface area contributed by atoms with Gasteiger partial charge in [0.1, 0.15) is 0 Å². The van der Waals surface area contributed by atoms with Crippen molar-refractivity contribution in [2.24, 2.45) is 0 Å². The van der Waals surface area contributed by atoms with Gasteiger partial charge in [-0.15, -0.1) is 5.06 Å². The second-order valence-electron chi connectivity index (χ2n) is 4.87. The first-order valence-electron chi connectivity index (χ1n) is 6.58. The highest BCUT2D eigenvalue weighted by Gasteiger charge is 2.30. The van der Waals surface area contributed by atoms with Crippen LogP contribution in [0.5, 0.6) is 0 Å². The average Bonchev–Trinajstić information content (AvgIpc) is 2.89. The summed E-state index contributed by atoms with van der Waals surface area (Å²) in [7, 11) is 2.05. The van der Waals surface area contributed by atoms with Crippen LogP contribution in [0.25, 0.3) is 0 Å². The Morgan fingerprint density at radius 2 is 2.00 bits per heavy atom. The van der Waals surface area contributed by atoms with Crippen molar-refractivity contribution in [3.8, 4) is 17.9 Å².